The van der Waals surface area contributed by atoms with Crippen LogP contribution in [0.1, 0.15) is 31.7 Å². The number of aromatic nitrogens is 6. The molecule has 4 aromatic heterocycles. The van der Waals surface area contributed by atoms with Crippen LogP contribution in [0.15, 0.2) is 35.5 Å². The van der Waals surface area contributed by atoms with E-state index in [1.165, 1.54) is 0 Å². The molecule has 0 amide bonds. The zero-order valence-corrected chi connectivity index (χ0v) is 15.0. The van der Waals surface area contributed by atoms with Gasteiger partial charge in [0, 0.05) is 24.8 Å². The standard InChI is InChI=1S/C19H20N6O2/c1-24-16-10-20-15-7-6-14(11-8-21-22-9-11)23-17(15)18(16)25(19(24)27)12-2-4-13(26)5-3-12/h6-10,12-13,26H,2-5H2,1H3,(H,21,22)/t12-,13-. The highest BCUT2D eigenvalue weighted by atomic mass is 16.3. The Bertz CT molecular complexity index is 1180. The van der Waals surface area contributed by atoms with E-state index in [1.54, 1.807) is 30.2 Å². The summed E-state index contributed by atoms with van der Waals surface area (Å²) in [6.45, 7) is 0. The van der Waals surface area contributed by atoms with E-state index in [0.717, 1.165) is 46.2 Å². The maximum absolute atomic E-state index is 13.0. The molecule has 2 N–H and O–H groups in total. The van der Waals surface area contributed by atoms with Gasteiger partial charge >= 0.3 is 5.69 Å². The van der Waals surface area contributed by atoms with Crippen molar-refractivity contribution in [3.05, 3.63) is 41.2 Å². The van der Waals surface area contributed by atoms with E-state index in [-0.39, 0.29) is 17.8 Å². The van der Waals surface area contributed by atoms with Crippen molar-refractivity contribution in [2.45, 2.75) is 37.8 Å². The summed E-state index contributed by atoms with van der Waals surface area (Å²) >= 11 is 0. The number of rotatable bonds is 2. The zero-order valence-electron chi connectivity index (χ0n) is 15.0. The first-order valence-corrected chi connectivity index (χ1v) is 9.17. The van der Waals surface area contributed by atoms with Crippen molar-refractivity contribution in [2.24, 2.45) is 7.05 Å². The van der Waals surface area contributed by atoms with Crippen LogP contribution in [0.5, 0.6) is 0 Å². The lowest BCUT2D eigenvalue weighted by atomic mass is 9.93. The Kier molecular flexibility index (Phi) is 3.61. The molecule has 1 fully saturated rings. The molecule has 1 aliphatic carbocycles. The lowest BCUT2D eigenvalue weighted by Crippen LogP contribution is -2.29. The SMILES string of the molecule is Cn1c(=O)n([C@H]2CC[C@H](O)CC2)c2c3nc(-c4cn[nH]c4)ccc3ncc21. The Morgan fingerprint density at radius 2 is 2.00 bits per heavy atom. The van der Waals surface area contributed by atoms with Crippen LogP contribution in [0.3, 0.4) is 0 Å². The number of aryl methyl sites for hydroxylation is 1. The van der Waals surface area contributed by atoms with Crippen LogP contribution in [0.25, 0.3) is 33.3 Å². The van der Waals surface area contributed by atoms with Gasteiger partial charge in [0.15, 0.2) is 0 Å². The van der Waals surface area contributed by atoms with Crippen molar-refractivity contribution in [1.82, 2.24) is 29.3 Å². The van der Waals surface area contributed by atoms with E-state index in [2.05, 4.69) is 15.2 Å². The first-order chi connectivity index (χ1) is 13.1. The van der Waals surface area contributed by atoms with Gasteiger partial charge in [-0.1, -0.05) is 0 Å². The third kappa shape index (κ3) is 2.48. The van der Waals surface area contributed by atoms with E-state index in [1.807, 2.05) is 16.7 Å². The largest absolute Gasteiger partial charge is 0.393 e. The number of nitrogens with zero attached hydrogens (tertiary/aromatic N) is 5. The van der Waals surface area contributed by atoms with Crippen molar-refractivity contribution < 1.29 is 5.11 Å². The highest BCUT2D eigenvalue weighted by Gasteiger charge is 2.26. The molecule has 0 radical (unpaired) electrons. The molecule has 0 unspecified atom stereocenters. The topological polar surface area (TPSA) is 102 Å². The molecule has 4 heterocycles. The van der Waals surface area contributed by atoms with Crippen LogP contribution < -0.4 is 5.69 Å². The van der Waals surface area contributed by atoms with Crippen molar-refractivity contribution in [3.63, 3.8) is 0 Å². The summed E-state index contributed by atoms with van der Waals surface area (Å²) in [5, 5.41) is 16.7. The summed E-state index contributed by atoms with van der Waals surface area (Å²) in [6.07, 6.45) is 7.98. The molecule has 0 bridgehead atoms. The van der Waals surface area contributed by atoms with Crippen LogP contribution >= 0.6 is 0 Å². The minimum absolute atomic E-state index is 0.0591. The average molecular weight is 364 g/mol. The van der Waals surface area contributed by atoms with Gasteiger partial charge in [0.25, 0.3) is 0 Å². The quantitative estimate of drug-likeness (QED) is 0.567. The lowest BCUT2D eigenvalue weighted by molar-refractivity contribution is 0.111. The van der Waals surface area contributed by atoms with E-state index < -0.39 is 0 Å². The van der Waals surface area contributed by atoms with E-state index in [9.17, 15) is 9.90 Å². The second-order valence-electron chi connectivity index (χ2n) is 7.22. The van der Waals surface area contributed by atoms with Gasteiger partial charge < -0.3 is 5.11 Å². The fourth-order valence-electron chi connectivity index (χ4n) is 4.09. The second kappa shape index (κ2) is 6.02. The average Bonchev–Trinajstić information content (AvgIpc) is 3.31. The number of hydrogen-bond donors (Lipinski definition) is 2. The molecule has 0 aliphatic heterocycles. The third-order valence-corrected chi connectivity index (χ3v) is 5.59. The van der Waals surface area contributed by atoms with Gasteiger partial charge in [0.2, 0.25) is 0 Å². The van der Waals surface area contributed by atoms with Crippen molar-refractivity contribution in [2.75, 3.05) is 0 Å². The molecule has 5 rings (SSSR count). The zero-order chi connectivity index (χ0) is 18.5. The monoisotopic (exact) mass is 364 g/mol. The number of aromatic amines is 1. The number of aliphatic hydroxyl groups excluding tert-OH is 1. The molecule has 27 heavy (non-hydrogen) atoms. The second-order valence-corrected chi connectivity index (χ2v) is 7.22. The van der Waals surface area contributed by atoms with E-state index in [0.29, 0.717) is 12.8 Å². The minimum Gasteiger partial charge on any atom is -0.393 e. The Balaban J connectivity index is 1.79. The van der Waals surface area contributed by atoms with Crippen molar-refractivity contribution >= 4 is 22.1 Å². The predicted octanol–water partition coefficient (Wildman–Crippen LogP) is 2.15. The summed E-state index contributed by atoms with van der Waals surface area (Å²) in [7, 11) is 1.77. The highest BCUT2D eigenvalue weighted by molar-refractivity contribution is 6.00. The summed E-state index contributed by atoms with van der Waals surface area (Å²) in [6, 6.07) is 3.90. The first-order valence-electron chi connectivity index (χ1n) is 9.17. The summed E-state index contributed by atoms with van der Waals surface area (Å²) in [4.78, 5) is 22.4. The minimum atomic E-state index is -0.267. The van der Waals surface area contributed by atoms with Gasteiger partial charge in [-0.15, -0.1) is 0 Å². The number of hydrogen-bond acceptors (Lipinski definition) is 5. The number of fused-ring (bicyclic) bond motifs is 3. The fraction of sp³-hybridized carbons (Fsp3) is 0.368. The molecule has 1 saturated carbocycles. The third-order valence-electron chi connectivity index (χ3n) is 5.59. The number of imidazole rings is 1. The molecule has 4 aromatic rings. The number of pyridine rings is 2. The maximum Gasteiger partial charge on any atom is 0.329 e. The van der Waals surface area contributed by atoms with Gasteiger partial charge in [-0.3, -0.25) is 19.2 Å². The Labute approximate surface area is 154 Å². The van der Waals surface area contributed by atoms with Gasteiger partial charge in [-0.25, -0.2) is 9.78 Å². The fourth-order valence-corrected chi connectivity index (χ4v) is 4.09. The van der Waals surface area contributed by atoms with Crippen LogP contribution in [0.4, 0.5) is 0 Å². The van der Waals surface area contributed by atoms with E-state index >= 15 is 0 Å². The van der Waals surface area contributed by atoms with Crippen LogP contribution in [0, 0.1) is 0 Å². The molecule has 8 heteroatoms. The molecular weight excluding hydrogens is 344 g/mol. The number of H-pyrrole nitrogens is 1. The van der Waals surface area contributed by atoms with Crippen molar-refractivity contribution in [3.8, 4) is 11.3 Å². The summed E-state index contributed by atoms with van der Waals surface area (Å²) in [5.41, 5.74) is 4.68. The van der Waals surface area contributed by atoms with E-state index in [4.69, 9.17) is 4.98 Å². The normalized spacial score (nSPS) is 20.5. The summed E-state index contributed by atoms with van der Waals surface area (Å²) < 4.78 is 3.50. The molecule has 0 saturated heterocycles. The van der Waals surface area contributed by atoms with Gasteiger partial charge in [0.05, 0.1) is 40.7 Å². The molecule has 1 aliphatic rings. The van der Waals surface area contributed by atoms with Crippen LogP contribution in [0.2, 0.25) is 0 Å². The van der Waals surface area contributed by atoms with Crippen LogP contribution in [-0.4, -0.2) is 40.5 Å². The Hall–Kier alpha value is -3.00. The lowest BCUT2D eigenvalue weighted by Gasteiger charge is -2.26. The van der Waals surface area contributed by atoms with Crippen molar-refractivity contribution in [1.29, 1.82) is 0 Å². The molecule has 138 valence electrons. The Morgan fingerprint density at radius 3 is 2.74 bits per heavy atom. The molecule has 8 nitrogen and oxygen atoms in total. The predicted molar refractivity (Wildman–Crippen MR) is 101 cm³/mol. The summed E-state index contributed by atoms with van der Waals surface area (Å²) in [5.74, 6) is 0. The Morgan fingerprint density at radius 1 is 1.19 bits per heavy atom. The first kappa shape index (κ1) is 16.2. The smallest absolute Gasteiger partial charge is 0.329 e. The maximum atomic E-state index is 13.0. The molecular formula is C19H20N6O2. The number of aliphatic hydroxyl groups is 1. The molecule has 0 atom stereocenters. The molecule has 0 spiro atoms. The van der Waals surface area contributed by atoms with Gasteiger partial charge in [-0.2, -0.15) is 5.10 Å². The number of nitrogens with one attached hydrogen (secondary N) is 1. The van der Waals surface area contributed by atoms with Gasteiger partial charge in [0.1, 0.15) is 5.52 Å². The highest BCUT2D eigenvalue weighted by Crippen LogP contribution is 2.32. The van der Waals surface area contributed by atoms with Gasteiger partial charge in [-0.05, 0) is 37.8 Å². The van der Waals surface area contributed by atoms with Crippen LogP contribution in [-0.2, 0) is 7.05 Å². The molecule has 0 aromatic carbocycles.